The molecule has 0 saturated heterocycles. The molecule has 0 saturated carbocycles. The van der Waals surface area contributed by atoms with Gasteiger partial charge in [-0.05, 0) is 179 Å². The summed E-state index contributed by atoms with van der Waals surface area (Å²) in [7, 11) is 0. The Hall–Kier alpha value is -7.10. The molecule has 3 heteroatoms. The van der Waals surface area contributed by atoms with Crippen molar-refractivity contribution in [2.24, 2.45) is 0 Å². The summed E-state index contributed by atoms with van der Waals surface area (Å²) in [4.78, 5) is 5.17. The van der Waals surface area contributed by atoms with Crippen LogP contribution < -0.4 is 26.2 Å². The van der Waals surface area contributed by atoms with Crippen LogP contribution in [0.4, 0.5) is 34.1 Å². The van der Waals surface area contributed by atoms with Crippen LogP contribution in [-0.2, 0) is 21.7 Å². The Bertz CT molecular complexity index is 3660. The van der Waals surface area contributed by atoms with Crippen molar-refractivity contribution in [2.45, 2.75) is 111 Å². The molecule has 0 radical (unpaired) electrons. The van der Waals surface area contributed by atoms with Crippen LogP contribution in [0.1, 0.15) is 127 Å². The molecule has 354 valence electrons. The number of allylic oxidation sites excluding steroid dienone is 4. The van der Waals surface area contributed by atoms with Crippen molar-refractivity contribution in [3.8, 4) is 22.3 Å². The molecule has 0 aromatic heterocycles. The third kappa shape index (κ3) is 6.48. The van der Waals surface area contributed by atoms with Crippen molar-refractivity contribution < 1.29 is 0 Å². The third-order valence-electron chi connectivity index (χ3n) is 17.3. The predicted octanol–water partition coefficient (Wildman–Crippen LogP) is 16.6. The van der Waals surface area contributed by atoms with Gasteiger partial charge in [-0.25, -0.2) is 0 Å². The zero-order valence-corrected chi connectivity index (χ0v) is 44.1. The Labute approximate surface area is 428 Å². The van der Waals surface area contributed by atoms with E-state index in [4.69, 9.17) is 0 Å². The van der Waals surface area contributed by atoms with Crippen LogP contribution in [0.25, 0.3) is 33.4 Å². The van der Waals surface area contributed by atoms with Gasteiger partial charge >= 0.3 is 0 Å². The molecule has 0 unspecified atom stereocenters. The van der Waals surface area contributed by atoms with E-state index in [0.29, 0.717) is 0 Å². The van der Waals surface area contributed by atoms with Crippen molar-refractivity contribution in [2.75, 3.05) is 9.80 Å². The van der Waals surface area contributed by atoms with Crippen LogP contribution in [0.3, 0.4) is 0 Å². The monoisotopic (exact) mass is 933 g/mol. The lowest BCUT2D eigenvalue weighted by Gasteiger charge is -2.45. The molecule has 8 aromatic carbocycles. The number of anilines is 6. The van der Waals surface area contributed by atoms with Crippen LogP contribution in [-0.4, -0.2) is 6.71 Å². The maximum Gasteiger partial charge on any atom is 0.252 e. The number of hydrogen-bond acceptors (Lipinski definition) is 2. The molecule has 8 aromatic rings. The average Bonchev–Trinajstić information content (AvgIpc) is 3.75. The topological polar surface area (TPSA) is 6.48 Å². The molecule has 5 aliphatic rings. The molecule has 0 bridgehead atoms. The summed E-state index contributed by atoms with van der Waals surface area (Å²) in [6.07, 6.45) is 4.66. The zero-order chi connectivity index (χ0) is 49.8. The second-order valence-corrected chi connectivity index (χ2v) is 24.5. The molecule has 3 aliphatic carbocycles. The second-order valence-electron chi connectivity index (χ2n) is 24.5. The minimum absolute atomic E-state index is 0.0227. The maximum absolute atomic E-state index is 2.59. The fourth-order valence-corrected chi connectivity index (χ4v) is 13.7. The first-order valence-electron chi connectivity index (χ1n) is 26.4. The normalized spacial score (nSPS) is 16.6. The zero-order valence-electron chi connectivity index (χ0n) is 44.1. The minimum Gasteiger partial charge on any atom is -0.311 e. The van der Waals surface area contributed by atoms with Crippen LogP contribution in [0.15, 0.2) is 175 Å². The Morgan fingerprint density at radius 2 is 1.03 bits per heavy atom. The largest absolute Gasteiger partial charge is 0.311 e. The number of fused-ring (bicyclic) bond motifs is 9. The van der Waals surface area contributed by atoms with Gasteiger partial charge in [-0.2, -0.15) is 0 Å². The summed E-state index contributed by atoms with van der Waals surface area (Å²) in [5.74, 6) is 0. The lowest BCUT2D eigenvalue weighted by Crippen LogP contribution is -2.61. The number of hydrogen-bond donors (Lipinski definition) is 0. The maximum atomic E-state index is 2.59. The Morgan fingerprint density at radius 1 is 0.472 bits per heavy atom. The number of aryl methyl sites for hydroxylation is 1. The summed E-state index contributed by atoms with van der Waals surface area (Å²) in [5, 5.41) is 0. The predicted molar refractivity (Wildman–Crippen MR) is 309 cm³/mol. The molecule has 13 rings (SSSR count). The van der Waals surface area contributed by atoms with Gasteiger partial charge in [0, 0.05) is 45.0 Å². The summed E-state index contributed by atoms with van der Waals surface area (Å²) < 4.78 is 0. The van der Waals surface area contributed by atoms with E-state index in [9.17, 15) is 0 Å². The summed E-state index contributed by atoms with van der Waals surface area (Å²) in [6, 6.07) is 63.6. The van der Waals surface area contributed by atoms with E-state index in [1.807, 2.05) is 0 Å². The van der Waals surface area contributed by atoms with E-state index in [2.05, 4.69) is 256 Å². The average molecular weight is 933 g/mol. The van der Waals surface area contributed by atoms with Gasteiger partial charge < -0.3 is 9.80 Å². The van der Waals surface area contributed by atoms with Gasteiger partial charge in [-0.1, -0.05) is 191 Å². The van der Waals surface area contributed by atoms with Crippen molar-refractivity contribution in [1.82, 2.24) is 0 Å². The Kier molecular flexibility index (Phi) is 9.62. The van der Waals surface area contributed by atoms with Crippen LogP contribution in [0.5, 0.6) is 0 Å². The first kappa shape index (κ1) is 44.8. The van der Waals surface area contributed by atoms with E-state index in [1.54, 1.807) is 0 Å². The van der Waals surface area contributed by atoms with Crippen molar-refractivity contribution >= 4 is 68.4 Å². The van der Waals surface area contributed by atoms with E-state index in [1.165, 1.54) is 134 Å². The molecule has 0 atom stereocenters. The van der Waals surface area contributed by atoms with E-state index in [0.717, 1.165) is 12.8 Å². The highest BCUT2D eigenvalue weighted by Crippen LogP contribution is 2.56. The summed E-state index contributed by atoms with van der Waals surface area (Å²) >= 11 is 0. The first-order valence-corrected chi connectivity index (χ1v) is 26.4. The summed E-state index contributed by atoms with van der Waals surface area (Å²) in [5.41, 5.74) is 31.9. The fraction of sp³-hybridized carbons (Fsp3) is 0.246. The van der Waals surface area contributed by atoms with Crippen LogP contribution >= 0.6 is 0 Å². The van der Waals surface area contributed by atoms with E-state index >= 15 is 0 Å². The lowest BCUT2D eigenvalue weighted by molar-refractivity contribution is 0.590. The molecule has 2 nitrogen and oxygen atoms in total. The first-order chi connectivity index (χ1) is 34.4. The van der Waals surface area contributed by atoms with E-state index < -0.39 is 0 Å². The molecule has 0 fully saturated rings. The Morgan fingerprint density at radius 3 is 1.69 bits per heavy atom. The van der Waals surface area contributed by atoms with Crippen LogP contribution in [0.2, 0.25) is 0 Å². The van der Waals surface area contributed by atoms with Gasteiger partial charge in [0.15, 0.2) is 0 Å². The fourth-order valence-electron chi connectivity index (χ4n) is 13.7. The lowest BCUT2D eigenvalue weighted by atomic mass is 9.33. The number of benzene rings is 8. The highest BCUT2D eigenvalue weighted by molar-refractivity contribution is 7.00. The second kappa shape index (κ2) is 15.5. The minimum atomic E-state index is -0.102. The molecule has 0 spiro atoms. The summed E-state index contributed by atoms with van der Waals surface area (Å²) in [6.45, 7) is 26.0. The molecule has 2 aliphatic heterocycles. The van der Waals surface area contributed by atoms with Crippen molar-refractivity contribution in [1.29, 1.82) is 0 Å². The molecule has 2 heterocycles. The number of nitrogens with zero attached hydrogens (tertiary/aromatic N) is 2. The molecular formula is C69H65BN2. The van der Waals surface area contributed by atoms with Gasteiger partial charge in [0.2, 0.25) is 0 Å². The molecular weight excluding hydrogens is 868 g/mol. The number of rotatable bonds is 4. The van der Waals surface area contributed by atoms with Crippen LogP contribution in [0, 0.1) is 6.92 Å². The van der Waals surface area contributed by atoms with Crippen molar-refractivity contribution in [3.63, 3.8) is 0 Å². The standard InChI is InChI=1S/C69H65BN2/c1-42-38-61-65-62(39-42)72(48-34-28-44(29-35-48)50-21-17-23-54-52-19-13-15-25-56(52)69(10,11)64(50)54)60-41-46(67(5,6)7)30-36-57(60)70(65)58-40-45(66(2,3)4)31-37-59(58)71(61)47-32-26-43(27-33-47)49-20-16-22-53-51-18-12-14-24-55(51)68(8,9)63(49)53/h12-15,17-21,23-41H,16,22H2,1-11H3. The van der Waals surface area contributed by atoms with E-state index in [-0.39, 0.29) is 28.4 Å². The van der Waals surface area contributed by atoms with Crippen molar-refractivity contribution in [3.05, 3.63) is 220 Å². The Balaban J connectivity index is 0.979. The SMILES string of the molecule is Cc1cc2c3c(c1)N(c1ccc(-c4cccc5c4C(C)(C)c4ccccc4-5)cc1)c1cc(C(C)(C)C)ccc1B3c1cc(C(C)(C)C)ccc1N2c1ccc(C2=CCCC3=C2C(C)(C)c2ccccc23)cc1. The molecule has 0 N–H and O–H groups in total. The van der Waals surface area contributed by atoms with Gasteiger partial charge in [0.05, 0.1) is 0 Å². The quantitative estimate of drug-likeness (QED) is 0.162. The third-order valence-corrected chi connectivity index (χ3v) is 17.3. The van der Waals surface area contributed by atoms with Gasteiger partial charge in [0.1, 0.15) is 0 Å². The highest BCUT2D eigenvalue weighted by atomic mass is 15.2. The molecule has 72 heavy (non-hydrogen) atoms. The van der Waals surface area contributed by atoms with Gasteiger partial charge in [-0.15, -0.1) is 0 Å². The highest BCUT2D eigenvalue weighted by Gasteiger charge is 2.45. The van der Waals surface area contributed by atoms with Gasteiger partial charge in [0.25, 0.3) is 6.71 Å². The van der Waals surface area contributed by atoms with Gasteiger partial charge in [-0.3, -0.25) is 0 Å². The smallest absolute Gasteiger partial charge is 0.252 e. The molecule has 0 amide bonds.